The molecule has 0 bridgehead atoms. The van der Waals surface area contributed by atoms with Gasteiger partial charge in [0.05, 0.1) is 7.11 Å². The first-order valence-corrected chi connectivity index (χ1v) is 6.89. The molecule has 0 unspecified atom stereocenters. The molecule has 20 heavy (non-hydrogen) atoms. The number of methoxy groups -OCH3 is 1. The second kappa shape index (κ2) is 6.03. The first-order valence-electron chi connectivity index (χ1n) is 6.89. The number of carbonyl (C=O) groups excluding carboxylic acids is 2. The Kier molecular flexibility index (Phi) is 4.37. The van der Waals surface area contributed by atoms with Crippen LogP contribution in [-0.2, 0) is 9.53 Å². The lowest BCUT2D eigenvalue weighted by molar-refractivity contribution is -0.150. The zero-order valence-corrected chi connectivity index (χ0v) is 11.9. The third-order valence-corrected chi connectivity index (χ3v) is 3.82. The first-order chi connectivity index (χ1) is 9.57. The van der Waals surface area contributed by atoms with E-state index in [1.165, 1.54) is 7.11 Å². The van der Waals surface area contributed by atoms with Crippen LogP contribution in [0.15, 0.2) is 24.4 Å². The number of esters is 1. The molecule has 1 fully saturated rings. The van der Waals surface area contributed by atoms with E-state index < -0.39 is 5.54 Å². The van der Waals surface area contributed by atoms with Crippen LogP contribution in [0.5, 0.6) is 0 Å². The van der Waals surface area contributed by atoms with Gasteiger partial charge in [-0.05, 0) is 30.9 Å². The Hall–Kier alpha value is -1.91. The predicted molar refractivity (Wildman–Crippen MR) is 76.2 cm³/mol. The van der Waals surface area contributed by atoms with Crippen LogP contribution in [0.25, 0.3) is 0 Å². The maximum Gasteiger partial charge on any atom is 0.331 e. The van der Waals surface area contributed by atoms with Gasteiger partial charge in [-0.3, -0.25) is 9.78 Å². The van der Waals surface area contributed by atoms with Gasteiger partial charge in [0.15, 0.2) is 0 Å². The van der Waals surface area contributed by atoms with Crippen LogP contribution < -0.4 is 5.32 Å². The number of carbonyl (C=O) groups is 2. The molecule has 1 aromatic heterocycles. The van der Waals surface area contributed by atoms with Crippen LogP contribution in [0.4, 0.5) is 0 Å². The fourth-order valence-electron chi connectivity index (χ4n) is 2.88. The molecule has 1 amide bonds. The lowest BCUT2D eigenvalue weighted by atomic mass is 9.76. The van der Waals surface area contributed by atoms with Crippen molar-refractivity contribution in [2.45, 2.75) is 38.1 Å². The van der Waals surface area contributed by atoms with Crippen molar-refractivity contribution >= 4 is 11.9 Å². The third-order valence-electron chi connectivity index (χ3n) is 3.82. The van der Waals surface area contributed by atoms with E-state index in [-0.39, 0.29) is 13.3 Å². The summed E-state index contributed by atoms with van der Waals surface area (Å²) in [5, 5.41) is 2.85. The third kappa shape index (κ3) is 2.98. The topological polar surface area (TPSA) is 68.3 Å². The number of nitrogens with one attached hydrogen (secondary N) is 1. The lowest BCUT2D eigenvalue weighted by Gasteiger charge is -2.37. The van der Waals surface area contributed by atoms with Gasteiger partial charge in [-0.2, -0.15) is 0 Å². The zero-order chi connectivity index (χ0) is 14.6. The van der Waals surface area contributed by atoms with Crippen molar-refractivity contribution in [2.24, 2.45) is 5.92 Å². The molecule has 1 aliphatic carbocycles. The van der Waals surface area contributed by atoms with Crippen LogP contribution in [0.1, 0.15) is 44.5 Å². The Bertz CT molecular complexity index is 495. The Morgan fingerprint density at radius 2 is 2.30 bits per heavy atom. The van der Waals surface area contributed by atoms with Gasteiger partial charge >= 0.3 is 5.97 Å². The summed E-state index contributed by atoms with van der Waals surface area (Å²) in [6.07, 6.45) is 4.75. The number of pyridine rings is 1. The summed E-state index contributed by atoms with van der Waals surface area (Å²) in [5.41, 5.74) is -0.602. The molecule has 110 valence electrons. The second-order valence-electron chi connectivity index (χ2n) is 5.44. The Morgan fingerprint density at radius 3 is 2.90 bits per heavy atom. The highest BCUT2D eigenvalue weighted by molar-refractivity contribution is 5.96. The van der Waals surface area contributed by atoms with Gasteiger partial charge in [0.25, 0.3) is 5.91 Å². The van der Waals surface area contributed by atoms with Crippen molar-refractivity contribution in [3.8, 4) is 0 Å². The van der Waals surface area contributed by atoms with E-state index in [2.05, 4.69) is 17.2 Å². The smallest absolute Gasteiger partial charge is 0.331 e. The molecule has 1 aromatic rings. The number of aromatic nitrogens is 1. The van der Waals surface area contributed by atoms with Crippen molar-refractivity contribution in [3.05, 3.63) is 30.1 Å². The van der Waals surface area contributed by atoms with E-state index in [9.17, 15) is 9.59 Å². The van der Waals surface area contributed by atoms with Crippen LogP contribution in [0, 0.1) is 5.92 Å². The summed E-state index contributed by atoms with van der Waals surface area (Å²) in [4.78, 5) is 28.4. The fraction of sp³-hybridized carbons (Fsp3) is 0.533. The molecule has 0 aromatic carbocycles. The van der Waals surface area contributed by atoms with Crippen molar-refractivity contribution in [1.29, 1.82) is 0 Å². The van der Waals surface area contributed by atoms with E-state index in [1.807, 2.05) is 0 Å². The molecule has 0 spiro atoms. The van der Waals surface area contributed by atoms with Crippen molar-refractivity contribution < 1.29 is 15.8 Å². The molecule has 0 radical (unpaired) electrons. The largest absolute Gasteiger partial charge is 0.467 e. The zero-order valence-electron chi connectivity index (χ0n) is 11.9. The Labute approximate surface area is 120 Å². The summed E-state index contributed by atoms with van der Waals surface area (Å²) >= 11 is 0. The van der Waals surface area contributed by atoms with Crippen molar-refractivity contribution in [2.75, 3.05) is 7.11 Å². The highest BCUT2D eigenvalue weighted by atomic mass is 16.5. The minimum absolute atomic E-state index is 0. The minimum Gasteiger partial charge on any atom is -0.467 e. The second-order valence-corrected chi connectivity index (χ2v) is 5.44. The summed E-state index contributed by atoms with van der Waals surface area (Å²) in [7, 11) is 1.36. The highest BCUT2D eigenvalue weighted by Gasteiger charge is 2.44. The molecule has 5 heteroatoms. The highest BCUT2D eigenvalue weighted by Crippen LogP contribution is 2.33. The number of amides is 1. The molecular formula is C15H22N2O3. The molecule has 2 atom stereocenters. The lowest BCUT2D eigenvalue weighted by Crippen LogP contribution is -2.57. The number of nitrogens with zero attached hydrogens (tertiary/aromatic N) is 1. The Morgan fingerprint density at radius 1 is 1.50 bits per heavy atom. The summed E-state index contributed by atoms with van der Waals surface area (Å²) < 4.78 is 4.90. The average molecular weight is 278 g/mol. The van der Waals surface area contributed by atoms with Gasteiger partial charge < -0.3 is 10.1 Å². The molecule has 1 N–H and O–H groups in total. The van der Waals surface area contributed by atoms with Crippen LogP contribution in [0.3, 0.4) is 0 Å². The van der Waals surface area contributed by atoms with E-state index in [0.717, 1.165) is 12.8 Å². The molecule has 1 aliphatic rings. The standard InChI is InChI=1S/C15H20N2O3.H2/c1-11-6-5-8-15(10-11,14(19)20-2)17-13(18)12-7-3-4-9-16-12;/h3-4,7,9,11H,5-6,8,10H2,1-2H3,(H,17,18);1H/t11-,15-;/m0./s1. The maximum atomic E-state index is 12.3. The normalized spacial score (nSPS) is 25.8. The van der Waals surface area contributed by atoms with Crippen molar-refractivity contribution in [3.63, 3.8) is 0 Å². The van der Waals surface area contributed by atoms with E-state index in [1.54, 1.807) is 24.4 Å². The Balaban J connectivity index is 0.00000220. The SMILES string of the molecule is COC(=O)[C@]1(NC(=O)c2ccccn2)CCC[C@H](C)C1.[HH]. The summed E-state index contributed by atoms with van der Waals surface area (Å²) in [6.45, 7) is 2.09. The van der Waals surface area contributed by atoms with Crippen LogP contribution >= 0.6 is 0 Å². The molecule has 1 heterocycles. The molecular weight excluding hydrogens is 256 g/mol. The number of rotatable bonds is 3. The fourth-order valence-corrected chi connectivity index (χ4v) is 2.88. The molecule has 5 nitrogen and oxygen atoms in total. The van der Waals surface area contributed by atoms with Gasteiger partial charge in [-0.1, -0.05) is 25.8 Å². The van der Waals surface area contributed by atoms with Crippen molar-refractivity contribution in [1.82, 2.24) is 10.3 Å². The van der Waals surface area contributed by atoms with Gasteiger partial charge in [0.1, 0.15) is 11.2 Å². The molecule has 0 saturated heterocycles. The van der Waals surface area contributed by atoms with E-state index in [0.29, 0.717) is 24.5 Å². The van der Waals surface area contributed by atoms with Gasteiger partial charge in [-0.25, -0.2) is 4.79 Å². The number of hydrogen-bond donors (Lipinski definition) is 1. The first kappa shape index (κ1) is 14.5. The number of ether oxygens (including phenoxy) is 1. The molecule has 0 aliphatic heterocycles. The number of hydrogen-bond acceptors (Lipinski definition) is 4. The molecule has 1 saturated carbocycles. The average Bonchev–Trinajstić information content (AvgIpc) is 2.47. The van der Waals surface area contributed by atoms with Crippen LogP contribution in [-0.4, -0.2) is 29.5 Å². The molecule has 2 rings (SSSR count). The summed E-state index contributed by atoms with van der Waals surface area (Å²) in [5.74, 6) is -0.315. The van der Waals surface area contributed by atoms with Gasteiger partial charge in [-0.15, -0.1) is 0 Å². The van der Waals surface area contributed by atoms with E-state index in [4.69, 9.17) is 4.74 Å². The minimum atomic E-state index is -0.916. The predicted octanol–water partition coefficient (Wildman–Crippen LogP) is 2.18. The maximum absolute atomic E-state index is 12.3. The van der Waals surface area contributed by atoms with Crippen LogP contribution in [0.2, 0.25) is 0 Å². The monoisotopic (exact) mass is 278 g/mol. The van der Waals surface area contributed by atoms with E-state index >= 15 is 0 Å². The summed E-state index contributed by atoms with van der Waals surface area (Å²) in [6, 6.07) is 5.12. The van der Waals surface area contributed by atoms with Gasteiger partial charge in [0, 0.05) is 7.62 Å². The van der Waals surface area contributed by atoms with Gasteiger partial charge in [0.2, 0.25) is 0 Å². The quantitative estimate of drug-likeness (QED) is 0.860.